The average Bonchev–Trinajstić information content (AvgIpc) is 2.29. The van der Waals surface area contributed by atoms with Crippen LogP contribution >= 0.6 is 11.6 Å². The van der Waals surface area contributed by atoms with Gasteiger partial charge in [-0.05, 0) is 12.0 Å². The van der Waals surface area contributed by atoms with E-state index in [1.807, 2.05) is 0 Å². The number of benzene rings is 1. The SMILES string of the molecule is O=[N+]([O-])c1ccc(CS(=O)(=O)NCCCCl)cc1. The second-order valence-electron chi connectivity index (χ2n) is 3.62. The highest BCUT2D eigenvalue weighted by atomic mass is 35.5. The quantitative estimate of drug-likeness (QED) is 0.358. The van der Waals surface area contributed by atoms with E-state index >= 15 is 0 Å². The number of rotatable bonds is 7. The van der Waals surface area contributed by atoms with Gasteiger partial charge < -0.3 is 0 Å². The van der Waals surface area contributed by atoms with Crippen molar-refractivity contribution in [3.05, 3.63) is 39.9 Å². The smallest absolute Gasteiger partial charge is 0.258 e. The molecule has 0 bridgehead atoms. The number of alkyl halides is 1. The lowest BCUT2D eigenvalue weighted by molar-refractivity contribution is -0.384. The molecule has 0 aliphatic carbocycles. The second-order valence-corrected chi connectivity index (χ2v) is 5.80. The monoisotopic (exact) mass is 292 g/mol. The minimum atomic E-state index is -3.42. The maximum Gasteiger partial charge on any atom is 0.269 e. The van der Waals surface area contributed by atoms with E-state index in [0.717, 1.165) is 0 Å². The van der Waals surface area contributed by atoms with Gasteiger partial charge in [-0.2, -0.15) is 0 Å². The summed E-state index contributed by atoms with van der Waals surface area (Å²) in [6, 6.07) is 5.42. The normalized spacial score (nSPS) is 11.4. The molecule has 0 radical (unpaired) electrons. The van der Waals surface area contributed by atoms with Crippen molar-refractivity contribution in [1.29, 1.82) is 0 Å². The van der Waals surface area contributed by atoms with Crippen molar-refractivity contribution < 1.29 is 13.3 Å². The zero-order chi connectivity index (χ0) is 13.6. The molecule has 100 valence electrons. The molecule has 0 aromatic heterocycles. The van der Waals surface area contributed by atoms with Crippen molar-refractivity contribution in [1.82, 2.24) is 4.72 Å². The van der Waals surface area contributed by atoms with Crippen LogP contribution in [0, 0.1) is 10.1 Å². The van der Waals surface area contributed by atoms with Gasteiger partial charge in [0.1, 0.15) is 0 Å². The Morgan fingerprint density at radius 2 is 1.89 bits per heavy atom. The molecule has 0 spiro atoms. The van der Waals surface area contributed by atoms with Crippen molar-refractivity contribution in [2.24, 2.45) is 0 Å². The molecule has 18 heavy (non-hydrogen) atoms. The van der Waals surface area contributed by atoms with E-state index < -0.39 is 14.9 Å². The number of nitro groups is 1. The minimum Gasteiger partial charge on any atom is -0.258 e. The Morgan fingerprint density at radius 1 is 1.28 bits per heavy atom. The summed E-state index contributed by atoms with van der Waals surface area (Å²) in [7, 11) is -3.42. The predicted octanol–water partition coefficient (Wildman–Crippen LogP) is 1.64. The fourth-order valence-corrected chi connectivity index (χ4v) is 2.60. The van der Waals surface area contributed by atoms with Crippen LogP contribution in [0.15, 0.2) is 24.3 Å². The van der Waals surface area contributed by atoms with Gasteiger partial charge in [0.25, 0.3) is 5.69 Å². The third-order valence-corrected chi connectivity index (χ3v) is 3.76. The van der Waals surface area contributed by atoms with Crippen molar-refractivity contribution in [2.75, 3.05) is 12.4 Å². The predicted molar refractivity (Wildman–Crippen MR) is 69.1 cm³/mol. The summed E-state index contributed by atoms with van der Waals surface area (Å²) in [6.45, 7) is 0.290. The number of nitrogens with zero attached hydrogens (tertiary/aromatic N) is 1. The highest BCUT2D eigenvalue weighted by Crippen LogP contribution is 2.13. The Balaban J connectivity index is 2.63. The first kappa shape index (κ1) is 14.9. The molecular formula is C10H13ClN2O4S. The molecule has 1 aromatic carbocycles. The van der Waals surface area contributed by atoms with Crippen LogP contribution < -0.4 is 4.72 Å². The summed E-state index contributed by atoms with van der Waals surface area (Å²) >= 11 is 5.44. The minimum absolute atomic E-state index is 0.0637. The van der Waals surface area contributed by atoms with Crippen LogP contribution in [0.25, 0.3) is 0 Å². The first-order valence-corrected chi connectivity index (χ1v) is 7.40. The molecule has 0 aliphatic rings. The van der Waals surface area contributed by atoms with Gasteiger partial charge in [0.2, 0.25) is 10.0 Å². The highest BCUT2D eigenvalue weighted by Gasteiger charge is 2.12. The molecule has 0 saturated heterocycles. The van der Waals surface area contributed by atoms with Crippen LogP contribution in [0.1, 0.15) is 12.0 Å². The van der Waals surface area contributed by atoms with Crippen molar-refractivity contribution in [3.8, 4) is 0 Å². The maximum atomic E-state index is 11.6. The first-order chi connectivity index (χ1) is 8.44. The van der Waals surface area contributed by atoms with Crippen LogP contribution in [0.2, 0.25) is 0 Å². The number of sulfonamides is 1. The number of halogens is 1. The molecule has 1 N–H and O–H groups in total. The Kier molecular flexibility index (Phi) is 5.52. The molecule has 0 aliphatic heterocycles. The molecule has 8 heteroatoms. The Hall–Kier alpha value is -1.18. The van der Waals surface area contributed by atoms with Gasteiger partial charge in [-0.1, -0.05) is 12.1 Å². The molecule has 0 fully saturated rings. The summed E-state index contributed by atoms with van der Waals surface area (Å²) in [5, 5.41) is 10.4. The Bertz CT molecular complexity index is 501. The number of non-ortho nitro benzene ring substituents is 1. The van der Waals surface area contributed by atoms with Crippen LogP contribution in [-0.2, 0) is 15.8 Å². The van der Waals surface area contributed by atoms with Crippen molar-refractivity contribution in [3.63, 3.8) is 0 Å². The van der Waals surface area contributed by atoms with Gasteiger partial charge >= 0.3 is 0 Å². The third-order valence-electron chi connectivity index (χ3n) is 2.14. The molecule has 0 heterocycles. The molecule has 0 atom stereocenters. The maximum absolute atomic E-state index is 11.6. The van der Waals surface area contributed by atoms with Gasteiger partial charge in [-0.25, -0.2) is 13.1 Å². The first-order valence-electron chi connectivity index (χ1n) is 5.21. The molecule has 0 unspecified atom stereocenters. The summed E-state index contributed by atoms with van der Waals surface area (Å²) in [5.74, 6) is 0.188. The highest BCUT2D eigenvalue weighted by molar-refractivity contribution is 7.88. The molecule has 1 aromatic rings. The van der Waals surface area contributed by atoms with Crippen molar-refractivity contribution in [2.45, 2.75) is 12.2 Å². The van der Waals surface area contributed by atoms with E-state index in [0.29, 0.717) is 24.4 Å². The Labute approximate surface area is 110 Å². The standard InChI is InChI=1S/C10H13ClN2O4S/c11-6-1-7-12-18(16,17)8-9-2-4-10(5-3-9)13(14)15/h2-5,12H,1,6-8H2. The van der Waals surface area contributed by atoms with E-state index in [-0.39, 0.29) is 11.4 Å². The van der Waals surface area contributed by atoms with Crippen LogP contribution in [0.4, 0.5) is 5.69 Å². The van der Waals surface area contributed by atoms with Crippen LogP contribution in [0.3, 0.4) is 0 Å². The lowest BCUT2D eigenvalue weighted by Gasteiger charge is -2.05. The molecule has 0 saturated carbocycles. The largest absolute Gasteiger partial charge is 0.269 e. The third kappa shape index (κ3) is 4.99. The molecule has 0 amide bonds. The van der Waals surface area contributed by atoms with Gasteiger partial charge in [-0.15, -0.1) is 11.6 Å². The van der Waals surface area contributed by atoms with Gasteiger partial charge in [-0.3, -0.25) is 10.1 Å². The fraction of sp³-hybridized carbons (Fsp3) is 0.400. The molecule has 1 rings (SSSR count). The number of nitrogens with one attached hydrogen (secondary N) is 1. The van der Waals surface area contributed by atoms with E-state index in [1.54, 1.807) is 0 Å². The topological polar surface area (TPSA) is 89.3 Å². The summed E-state index contributed by atoms with van der Waals surface area (Å²) in [6.07, 6.45) is 0.557. The number of nitro benzene ring substituents is 1. The van der Waals surface area contributed by atoms with E-state index in [9.17, 15) is 18.5 Å². The van der Waals surface area contributed by atoms with E-state index in [2.05, 4.69) is 4.72 Å². The number of hydrogen-bond donors (Lipinski definition) is 1. The molecule has 6 nitrogen and oxygen atoms in total. The zero-order valence-corrected chi connectivity index (χ0v) is 11.1. The molecular weight excluding hydrogens is 280 g/mol. The summed E-state index contributed by atoms with van der Waals surface area (Å²) < 4.78 is 25.6. The fourth-order valence-electron chi connectivity index (χ4n) is 1.28. The zero-order valence-electron chi connectivity index (χ0n) is 9.50. The Morgan fingerprint density at radius 3 is 2.39 bits per heavy atom. The van der Waals surface area contributed by atoms with Gasteiger partial charge in [0.15, 0.2) is 0 Å². The number of hydrogen-bond acceptors (Lipinski definition) is 4. The summed E-state index contributed by atoms with van der Waals surface area (Å²) in [4.78, 5) is 9.90. The second kappa shape index (κ2) is 6.67. The average molecular weight is 293 g/mol. The summed E-state index contributed by atoms with van der Waals surface area (Å²) in [5.41, 5.74) is 0.435. The van der Waals surface area contributed by atoms with E-state index in [1.165, 1.54) is 24.3 Å². The van der Waals surface area contributed by atoms with Gasteiger partial charge in [0.05, 0.1) is 10.7 Å². The van der Waals surface area contributed by atoms with Crippen LogP contribution in [0.5, 0.6) is 0 Å². The van der Waals surface area contributed by atoms with Crippen molar-refractivity contribution >= 4 is 27.3 Å². The van der Waals surface area contributed by atoms with Crippen LogP contribution in [-0.4, -0.2) is 25.8 Å². The lowest BCUT2D eigenvalue weighted by atomic mass is 10.2. The van der Waals surface area contributed by atoms with E-state index in [4.69, 9.17) is 11.6 Å². The lowest BCUT2D eigenvalue weighted by Crippen LogP contribution is -2.26. The van der Waals surface area contributed by atoms with Gasteiger partial charge in [0, 0.05) is 24.6 Å².